The molecule has 0 aromatic rings. The summed E-state index contributed by atoms with van der Waals surface area (Å²) in [5.74, 6) is -0.213. The SMILES string of the molecule is NCCOCCOCCOCCOCCC(=O)NC(COCCN)(COCCN)COCCN. The molecule has 13 nitrogen and oxygen atoms in total. The maximum Gasteiger partial charge on any atom is 0.222 e. The van der Waals surface area contributed by atoms with Crippen LogP contribution in [0.1, 0.15) is 6.42 Å². The van der Waals surface area contributed by atoms with Gasteiger partial charge in [-0.25, -0.2) is 0 Å². The molecule has 0 aliphatic heterocycles. The Morgan fingerprint density at radius 1 is 0.500 bits per heavy atom. The van der Waals surface area contributed by atoms with Crippen molar-refractivity contribution in [2.75, 3.05) is 119 Å². The first-order chi connectivity index (χ1) is 16.6. The van der Waals surface area contributed by atoms with Gasteiger partial charge in [-0.3, -0.25) is 4.79 Å². The Bertz CT molecular complexity index is 425. The largest absolute Gasteiger partial charge is 0.379 e. The predicted molar refractivity (Wildman–Crippen MR) is 127 cm³/mol. The van der Waals surface area contributed by atoms with E-state index in [9.17, 15) is 4.79 Å². The highest BCUT2D eigenvalue weighted by atomic mass is 16.6. The van der Waals surface area contributed by atoms with Gasteiger partial charge in [0.2, 0.25) is 5.91 Å². The molecule has 204 valence electrons. The van der Waals surface area contributed by atoms with Crippen molar-refractivity contribution in [1.82, 2.24) is 5.32 Å². The maximum absolute atomic E-state index is 12.6. The van der Waals surface area contributed by atoms with Gasteiger partial charge in [-0.2, -0.15) is 0 Å². The van der Waals surface area contributed by atoms with E-state index in [1.165, 1.54) is 0 Å². The first kappa shape index (κ1) is 33.0. The Hall–Kier alpha value is -0.970. The molecule has 0 rings (SSSR count). The van der Waals surface area contributed by atoms with Crippen LogP contribution >= 0.6 is 0 Å². The molecule has 0 saturated carbocycles. The van der Waals surface area contributed by atoms with E-state index in [4.69, 9.17) is 56.1 Å². The molecule has 0 heterocycles. The molecule has 13 heteroatoms. The maximum atomic E-state index is 12.6. The molecule has 0 aliphatic carbocycles. The fourth-order valence-corrected chi connectivity index (χ4v) is 2.65. The minimum absolute atomic E-state index is 0.165. The Kier molecular flexibility index (Phi) is 24.4. The average molecular weight is 498 g/mol. The molecule has 34 heavy (non-hydrogen) atoms. The lowest BCUT2D eigenvalue weighted by Gasteiger charge is -2.34. The highest BCUT2D eigenvalue weighted by Gasteiger charge is 2.33. The van der Waals surface area contributed by atoms with E-state index in [2.05, 4.69) is 5.32 Å². The zero-order valence-electron chi connectivity index (χ0n) is 20.5. The fourth-order valence-electron chi connectivity index (χ4n) is 2.65. The molecule has 0 saturated heterocycles. The summed E-state index contributed by atoms with van der Waals surface area (Å²) in [5, 5.41) is 2.97. The number of nitrogens with two attached hydrogens (primary N) is 4. The highest BCUT2D eigenvalue weighted by molar-refractivity contribution is 5.77. The van der Waals surface area contributed by atoms with Crippen LogP contribution in [0.2, 0.25) is 0 Å². The van der Waals surface area contributed by atoms with Crippen molar-refractivity contribution in [3.63, 3.8) is 0 Å². The summed E-state index contributed by atoms with van der Waals surface area (Å²) in [6.45, 7) is 6.69. The molecule has 0 aromatic heterocycles. The van der Waals surface area contributed by atoms with E-state index in [1.807, 2.05) is 0 Å². The lowest BCUT2D eigenvalue weighted by atomic mass is 10.0. The van der Waals surface area contributed by atoms with Gasteiger partial charge in [0.05, 0.1) is 92.5 Å². The monoisotopic (exact) mass is 497 g/mol. The Balaban J connectivity index is 4.18. The number of hydrogen-bond donors (Lipinski definition) is 5. The van der Waals surface area contributed by atoms with Gasteiger partial charge in [0, 0.05) is 32.6 Å². The third-order valence-electron chi connectivity index (χ3n) is 4.18. The van der Waals surface area contributed by atoms with E-state index in [0.29, 0.717) is 92.2 Å². The summed E-state index contributed by atoms with van der Waals surface area (Å²) in [6.07, 6.45) is 0.165. The standard InChI is InChI=1S/C21H47N5O8/c22-2-7-29-12-14-31-16-15-30-13-11-28-6-1-20(27)26-21(17-32-8-3-23,18-33-9-4-24)19-34-10-5-25/h1-19,22-25H2,(H,26,27). The lowest BCUT2D eigenvalue weighted by Crippen LogP contribution is -2.59. The molecule has 0 fully saturated rings. The van der Waals surface area contributed by atoms with Gasteiger partial charge in [-0.05, 0) is 0 Å². The van der Waals surface area contributed by atoms with Crippen LogP contribution in [0.3, 0.4) is 0 Å². The molecule has 1 amide bonds. The Morgan fingerprint density at radius 2 is 0.824 bits per heavy atom. The van der Waals surface area contributed by atoms with Crippen LogP contribution < -0.4 is 28.3 Å². The van der Waals surface area contributed by atoms with E-state index < -0.39 is 5.54 Å². The number of carbonyl (C=O) groups excluding carboxylic acids is 1. The molecular weight excluding hydrogens is 450 g/mol. The van der Waals surface area contributed by atoms with Gasteiger partial charge >= 0.3 is 0 Å². The van der Waals surface area contributed by atoms with Crippen LogP contribution in [0, 0.1) is 0 Å². The van der Waals surface area contributed by atoms with Crippen LogP contribution in [0.25, 0.3) is 0 Å². The molecule has 0 unspecified atom stereocenters. The summed E-state index contributed by atoms with van der Waals surface area (Å²) < 4.78 is 38.3. The third kappa shape index (κ3) is 20.4. The minimum atomic E-state index is -0.880. The number of hydrogen-bond acceptors (Lipinski definition) is 12. The molecule has 0 atom stereocenters. The molecule has 0 radical (unpaired) electrons. The molecule has 0 bridgehead atoms. The number of ether oxygens (including phenoxy) is 7. The second-order valence-corrected chi connectivity index (χ2v) is 7.34. The van der Waals surface area contributed by atoms with Crippen LogP contribution in [-0.2, 0) is 38.0 Å². The fraction of sp³-hybridized carbons (Fsp3) is 0.952. The number of rotatable bonds is 27. The second-order valence-electron chi connectivity index (χ2n) is 7.34. The Labute approximate surface area is 203 Å². The summed E-state index contributed by atoms with van der Waals surface area (Å²) >= 11 is 0. The van der Waals surface area contributed by atoms with E-state index in [1.54, 1.807) is 0 Å². The quantitative estimate of drug-likeness (QED) is 0.0731. The van der Waals surface area contributed by atoms with Crippen molar-refractivity contribution in [3.8, 4) is 0 Å². The molecule has 9 N–H and O–H groups in total. The zero-order valence-corrected chi connectivity index (χ0v) is 20.5. The molecular formula is C21H47N5O8. The highest BCUT2D eigenvalue weighted by Crippen LogP contribution is 2.10. The zero-order chi connectivity index (χ0) is 25.2. The first-order valence-electron chi connectivity index (χ1n) is 11.8. The van der Waals surface area contributed by atoms with Crippen molar-refractivity contribution in [1.29, 1.82) is 0 Å². The van der Waals surface area contributed by atoms with Gasteiger partial charge < -0.3 is 61.4 Å². The van der Waals surface area contributed by atoms with Gasteiger partial charge in [0.25, 0.3) is 0 Å². The van der Waals surface area contributed by atoms with Crippen molar-refractivity contribution in [2.24, 2.45) is 22.9 Å². The topological polar surface area (TPSA) is 198 Å². The van der Waals surface area contributed by atoms with Crippen LogP contribution in [0.4, 0.5) is 0 Å². The van der Waals surface area contributed by atoms with Crippen LogP contribution in [-0.4, -0.2) is 130 Å². The average Bonchev–Trinajstić information content (AvgIpc) is 2.82. The second kappa shape index (κ2) is 25.1. The minimum Gasteiger partial charge on any atom is -0.379 e. The smallest absolute Gasteiger partial charge is 0.222 e. The third-order valence-corrected chi connectivity index (χ3v) is 4.18. The number of amides is 1. The van der Waals surface area contributed by atoms with Gasteiger partial charge in [0.15, 0.2) is 0 Å². The summed E-state index contributed by atoms with van der Waals surface area (Å²) in [7, 11) is 0. The summed E-state index contributed by atoms with van der Waals surface area (Å²) in [5.41, 5.74) is 21.0. The van der Waals surface area contributed by atoms with Crippen molar-refractivity contribution >= 4 is 5.91 Å². The van der Waals surface area contributed by atoms with Gasteiger partial charge in [-0.1, -0.05) is 0 Å². The van der Waals surface area contributed by atoms with Crippen molar-refractivity contribution < 1.29 is 38.0 Å². The summed E-state index contributed by atoms with van der Waals surface area (Å²) in [4.78, 5) is 12.6. The van der Waals surface area contributed by atoms with E-state index in [-0.39, 0.29) is 38.8 Å². The van der Waals surface area contributed by atoms with Gasteiger partial charge in [-0.15, -0.1) is 0 Å². The Morgan fingerprint density at radius 3 is 1.21 bits per heavy atom. The normalized spacial score (nSPS) is 11.8. The molecule has 0 spiro atoms. The molecule has 0 aromatic carbocycles. The molecule has 0 aliphatic rings. The van der Waals surface area contributed by atoms with Crippen LogP contribution in [0.5, 0.6) is 0 Å². The van der Waals surface area contributed by atoms with E-state index in [0.717, 1.165) is 0 Å². The van der Waals surface area contributed by atoms with Gasteiger partial charge in [0.1, 0.15) is 5.54 Å². The summed E-state index contributed by atoms with van der Waals surface area (Å²) in [6, 6.07) is 0. The van der Waals surface area contributed by atoms with E-state index >= 15 is 0 Å². The number of carbonyl (C=O) groups is 1. The number of nitrogens with one attached hydrogen (secondary N) is 1. The van der Waals surface area contributed by atoms with Crippen molar-refractivity contribution in [3.05, 3.63) is 0 Å². The van der Waals surface area contributed by atoms with Crippen molar-refractivity contribution in [2.45, 2.75) is 12.0 Å². The van der Waals surface area contributed by atoms with Crippen LogP contribution in [0.15, 0.2) is 0 Å². The first-order valence-corrected chi connectivity index (χ1v) is 11.8. The predicted octanol–water partition coefficient (Wildman–Crippen LogP) is -2.82. The lowest BCUT2D eigenvalue weighted by molar-refractivity contribution is -0.128.